The van der Waals surface area contributed by atoms with Crippen LogP contribution >= 0.6 is 15.9 Å². The van der Waals surface area contributed by atoms with Crippen molar-refractivity contribution in [3.8, 4) is 0 Å². The Morgan fingerprint density at radius 2 is 1.95 bits per heavy atom. The van der Waals surface area contributed by atoms with Crippen molar-refractivity contribution < 1.29 is 4.79 Å². The van der Waals surface area contributed by atoms with Gasteiger partial charge < -0.3 is 4.57 Å². The summed E-state index contributed by atoms with van der Waals surface area (Å²) in [6, 6.07) is 1.57. The van der Waals surface area contributed by atoms with Gasteiger partial charge in [-0.3, -0.25) is 19.1 Å². The summed E-state index contributed by atoms with van der Waals surface area (Å²) in [7, 11) is 2.82. The van der Waals surface area contributed by atoms with Crippen LogP contribution in [0.15, 0.2) is 38.7 Å². The first-order chi connectivity index (χ1) is 8.91. The molecule has 0 saturated heterocycles. The largest absolute Gasteiger partial charge is 0.330 e. The second-order valence-corrected chi connectivity index (χ2v) is 4.94. The summed E-state index contributed by atoms with van der Waals surface area (Å²) < 4.78 is 2.73. The van der Waals surface area contributed by atoms with E-state index in [2.05, 4.69) is 20.9 Å². The minimum absolute atomic E-state index is 0.0653. The monoisotopic (exact) mass is 323 g/mol. The molecule has 7 heteroatoms. The quantitative estimate of drug-likeness (QED) is 0.753. The highest BCUT2D eigenvalue weighted by Gasteiger charge is 2.17. The lowest BCUT2D eigenvalue weighted by molar-refractivity contribution is 0.103. The summed E-state index contributed by atoms with van der Waals surface area (Å²) in [5.41, 5.74) is -0.878. The minimum atomic E-state index is -0.618. The van der Waals surface area contributed by atoms with Gasteiger partial charge in [0.2, 0.25) is 5.78 Å². The Labute approximate surface area is 116 Å². The lowest BCUT2D eigenvalue weighted by Crippen LogP contribution is -2.39. The van der Waals surface area contributed by atoms with Gasteiger partial charge in [0.25, 0.3) is 5.56 Å². The van der Waals surface area contributed by atoms with Crippen LogP contribution in [0.4, 0.5) is 0 Å². The molecule has 0 atom stereocenters. The molecule has 0 saturated carbocycles. The smallest absolute Gasteiger partial charge is 0.303 e. The maximum absolute atomic E-state index is 12.2. The molecule has 0 bridgehead atoms. The Kier molecular flexibility index (Phi) is 3.48. The van der Waals surface area contributed by atoms with Gasteiger partial charge in [0.15, 0.2) is 0 Å². The van der Waals surface area contributed by atoms with Gasteiger partial charge in [0.05, 0.1) is 0 Å². The molecule has 0 aliphatic rings. The molecule has 0 aliphatic carbocycles. The Morgan fingerprint density at radius 3 is 2.58 bits per heavy atom. The summed E-state index contributed by atoms with van der Waals surface area (Å²) in [5.74, 6) is -0.468. The summed E-state index contributed by atoms with van der Waals surface area (Å²) >= 11 is 3.21. The molecule has 0 amide bonds. The van der Waals surface area contributed by atoms with Crippen LogP contribution in [0.2, 0.25) is 0 Å². The standard InChI is InChI=1S/C12H10BrN3O3/c1-15-6-9(11(18)16(2)12(15)19)10(17)7-3-8(13)5-14-4-7/h3-6H,1-2H3. The van der Waals surface area contributed by atoms with Gasteiger partial charge >= 0.3 is 5.69 Å². The van der Waals surface area contributed by atoms with E-state index in [1.165, 1.54) is 37.3 Å². The SMILES string of the molecule is Cn1cc(C(=O)c2cncc(Br)c2)c(=O)n(C)c1=O. The van der Waals surface area contributed by atoms with Gasteiger partial charge in [-0.2, -0.15) is 0 Å². The maximum Gasteiger partial charge on any atom is 0.330 e. The van der Waals surface area contributed by atoms with Gasteiger partial charge in [0, 0.05) is 42.7 Å². The Balaban J connectivity index is 2.64. The van der Waals surface area contributed by atoms with Crippen molar-refractivity contribution in [3.63, 3.8) is 0 Å². The van der Waals surface area contributed by atoms with Crippen LogP contribution in [-0.4, -0.2) is 19.9 Å². The number of ketones is 1. The number of nitrogens with zero attached hydrogens (tertiary/aromatic N) is 3. The zero-order valence-corrected chi connectivity index (χ0v) is 11.8. The molecule has 0 radical (unpaired) electrons. The minimum Gasteiger partial charge on any atom is -0.303 e. The van der Waals surface area contributed by atoms with Crippen LogP contribution in [0.5, 0.6) is 0 Å². The fourth-order valence-electron chi connectivity index (χ4n) is 1.66. The Bertz CT molecular complexity index is 777. The molecule has 2 heterocycles. The molecule has 0 N–H and O–H groups in total. The lowest BCUT2D eigenvalue weighted by atomic mass is 10.1. The van der Waals surface area contributed by atoms with Gasteiger partial charge in [-0.25, -0.2) is 4.79 Å². The molecule has 0 unspecified atom stereocenters. The van der Waals surface area contributed by atoms with Crippen LogP contribution in [-0.2, 0) is 14.1 Å². The fraction of sp³-hybridized carbons (Fsp3) is 0.167. The van der Waals surface area contributed by atoms with E-state index in [0.29, 0.717) is 4.47 Å². The van der Waals surface area contributed by atoms with E-state index in [1.54, 1.807) is 6.07 Å². The van der Waals surface area contributed by atoms with Gasteiger partial charge in [0.1, 0.15) is 5.56 Å². The van der Waals surface area contributed by atoms with Crippen molar-refractivity contribution >= 4 is 21.7 Å². The van der Waals surface area contributed by atoms with E-state index in [9.17, 15) is 14.4 Å². The third-order valence-corrected chi connectivity index (χ3v) is 3.09. The van der Waals surface area contributed by atoms with Gasteiger partial charge in [-0.15, -0.1) is 0 Å². The average Bonchev–Trinajstić information content (AvgIpc) is 2.40. The van der Waals surface area contributed by atoms with E-state index in [1.807, 2.05) is 0 Å². The number of pyridine rings is 1. The molecule has 2 rings (SSSR count). The van der Waals surface area contributed by atoms with Crippen molar-refractivity contribution in [2.24, 2.45) is 14.1 Å². The number of rotatable bonds is 2. The fourth-order valence-corrected chi connectivity index (χ4v) is 2.02. The molecule has 0 aliphatic heterocycles. The summed E-state index contributed by atoms with van der Waals surface area (Å²) in [4.78, 5) is 39.6. The lowest BCUT2D eigenvalue weighted by Gasteiger charge is -2.06. The first kappa shape index (κ1) is 13.4. The Hall–Kier alpha value is -2.02. The van der Waals surface area contributed by atoms with E-state index in [-0.39, 0.29) is 11.1 Å². The molecule has 0 spiro atoms. The number of carbonyl (C=O) groups excluding carboxylic acids is 1. The van der Waals surface area contributed by atoms with Crippen LogP contribution in [0, 0.1) is 0 Å². The molecule has 0 aromatic carbocycles. The average molecular weight is 324 g/mol. The molecule has 2 aromatic heterocycles. The second-order valence-electron chi connectivity index (χ2n) is 4.02. The summed E-state index contributed by atoms with van der Waals surface area (Å²) in [6.07, 6.45) is 4.15. The van der Waals surface area contributed by atoms with Crippen LogP contribution in [0.25, 0.3) is 0 Å². The van der Waals surface area contributed by atoms with E-state index in [4.69, 9.17) is 0 Å². The normalized spacial score (nSPS) is 10.5. The van der Waals surface area contributed by atoms with Crippen LogP contribution in [0.1, 0.15) is 15.9 Å². The van der Waals surface area contributed by atoms with Crippen molar-refractivity contribution in [2.45, 2.75) is 0 Å². The van der Waals surface area contributed by atoms with Crippen molar-refractivity contribution in [1.29, 1.82) is 0 Å². The first-order valence-electron chi connectivity index (χ1n) is 5.33. The van der Waals surface area contributed by atoms with E-state index < -0.39 is 17.0 Å². The predicted octanol–water partition coefficient (Wildman–Crippen LogP) is 0.472. The number of hydrogen-bond acceptors (Lipinski definition) is 4. The highest BCUT2D eigenvalue weighted by atomic mass is 79.9. The summed E-state index contributed by atoms with van der Waals surface area (Å²) in [6.45, 7) is 0. The van der Waals surface area contributed by atoms with Crippen LogP contribution < -0.4 is 11.2 Å². The van der Waals surface area contributed by atoms with Gasteiger partial charge in [-0.1, -0.05) is 0 Å². The molecule has 0 fully saturated rings. The van der Waals surface area contributed by atoms with Gasteiger partial charge in [-0.05, 0) is 22.0 Å². The first-order valence-corrected chi connectivity index (χ1v) is 6.13. The van der Waals surface area contributed by atoms with E-state index in [0.717, 1.165) is 4.57 Å². The molecule has 19 heavy (non-hydrogen) atoms. The zero-order valence-electron chi connectivity index (χ0n) is 10.3. The predicted molar refractivity (Wildman–Crippen MR) is 72.3 cm³/mol. The third-order valence-electron chi connectivity index (χ3n) is 2.66. The number of carbonyl (C=O) groups is 1. The molecular weight excluding hydrogens is 314 g/mol. The van der Waals surface area contributed by atoms with Crippen molar-refractivity contribution in [3.05, 3.63) is 61.1 Å². The zero-order chi connectivity index (χ0) is 14.2. The number of hydrogen-bond donors (Lipinski definition) is 0. The number of aryl methyl sites for hydroxylation is 1. The molecule has 2 aromatic rings. The number of halogens is 1. The maximum atomic E-state index is 12.2. The van der Waals surface area contributed by atoms with Crippen LogP contribution in [0.3, 0.4) is 0 Å². The molecule has 98 valence electrons. The van der Waals surface area contributed by atoms with E-state index >= 15 is 0 Å². The highest BCUT2D eigenvalue weighted by molar-refractivity contribution is 9.10. The molecule has 6 nitrogen and oxygen atoms in total. The Morgan fingerprint density at radius 1 is 1.26 bits per heavy atom. The highest BCUT2D eigenvalue weighted by Crippen LogP contribution is 2.12. The second kappa shape index (κ2) is 4.93. The number of aromatic nitrogens is 3. The van der Waals surface area contributed by atoms with Crippen molar-refractivity contribution in [1.82, 2.24) is 14.1 Å². The summed E-state index contributed by atoms with van der Waals surface area (Å²) in [5, 5.41) is 0. The molecular formula is C12H10BrN3O3. The third kappa shape index (κ3) is 2.41. The van der Waals surface area contributed by atoms with Crippen molar-refractivity contribution in [2.75, 3.05) is 0 Å². The topological polar surface area (TPSA) is 74.0 Å².